The third-order valence-electron chi connectivity index (χ3n) is 2.72. The highest BCUT2D eigenvalue weighted by molar-refractivity contribution is 5.95. The fourth-order valence-electron chi connectivity index (χ4n) is 1.87. The summed E-state index contributed by atoms with van der Waals surface area (Å²) in [6, 6.07) is 7.66. The molecule has 1 N–H and O–H groups in total. The number of rotatable bonds is 2. The van der Waals surface area contributed by atoms with Gasteiger partial charge in [0.2, 0.25) is 5.91 Å². The van der Waals surface area contributed by atoms with Gasteiger partial charge in [-0.3, -0.25) is 4.79 Å². The zero-order chi connectivity index (χ0) is 12.1. The SMILES string of the molecule is O=C1CCCN1c1ccc(C#CCCO)cc1. The van der Waals surface area contributed by atoms with Gasteiger partial charge in [0.25, 0.3) is 0 Å². The molecule has 1 aliphatic rings. The number of hydrogen-bond donors (Lipinski definition) is 1. The molecule has 0 aliphatic carbocycles. The largest absolute Gasteiger partial charge is 0.395 e. The maximum absolute atomic E-state index is 11.5. The average Bonchev–Trinajstić information content (AvgIpc) is 2.77. The van der Waals surface area contributed by atoms with Crippen LogP contribution in [0.5, 0.6) is 0 Å². The van der Waals surface area contributed by atoms with Crippen LogP contribution in [0.3, 0.4) is 0 Å². The fraction of sp³-hybridized carbons (Fsp3) is 0.357. The monoisotopic (exact) mass is 229 g/mol. The Bertz CT molecular complexity index is 453. The van der Waals surface area contributed by atoms with E-state index in [-0.39, 0.29) is 12.5 Å². The van der Waals surface area contributed by atoms with Crippen molar-refractivity contribution in [2.45, 2.75) is 19.3 Å². The van der Waals surface area contributed by atoms with Crippen LogP contribution in [-0.2, 0) is 4.79 Å². The third-order valence-corrected chi connectivity index (χ3v) is 2.72. The van der Waals surface area contributed by atoms with Crippen LogP contribution in [0.15, 0.2) is 24.3 Å². The van der Waals surface area contributed by atoms with Crippen molar-refractivity contribution in [2.24, 2.45) is 0 Å². The van der Waals surface area contributed by atoms with E-state index in [4.69, 9.17) is 5.11 Å². The van der Waals surface area contributed by atoms with E-state index in [9.17, 15) is 4.79 Å². The molecule has 0 spiro atoms. The van der Waals surface area contributed by atoms with E-state index in [0.717, 1.165) is 24.2 Å². The smallest absolute Gasteiger partial charge is 0.227 e. The number of carbonyl (C=O) groups excluding carboxylic acids is 1. The van der Waals surface area contributed by atoms with Crippen LogP contribution in [0.1, 0.15) is 24.8 Å². The summed E-state index contributed by atoms with van der Waals surface area (Å²) >= 11 is 0. The predicted octanol–water partition coefficient (Wildman–Crippen LogP) is 1.55. The molecule has 0 radical (unpaired) electrons. The summed E-state index contributed by atoms with van der Waals surface area (Å²) in [5.74, 6) is 6.03. The molecule has 1 aromatic carbocycles. The molecule has 0 saturated carbocycles. The first-order valence-electron chi connectivity index (χ1n) is 5.81. The van der Waals surface area contributed by atoms with Crippen molar-refractivity contribution in [3.05, 3.63) is 29.8 Å². The molecule has 0 aromatic heterocycles. The minimum absolute atomic E-state index is 0.0906. The van der Waals surface area contributed by atoms with E-state index < -0.39 is 0 Å². The predicted molar refractivity (Wildman–Crippen MR) is 66.6 cm³/mol. The summed E-state index contributed by atoms with van der Waals surface area (Å²) in [5.41, 5.74) is 1.86. The molecule has 17 heavy (non-hydrogen) atoms. The maximum Gasteiger partial charge on any atom is 0.227 e. The number of nitrogens with zero attached hydrogens (tertiary/aromatic N) is 1. The molecule has 1 saturated heterocycles. The normalized spacial score (nSPS) is 14.6. The minimum Gasteiger partial charge on any atom is -0.395 e. The summed E-state index contributed by atoms with van der Waals surface area (Å²) in [7, 11) is 0. The Labute approximate surface area is 101 Å². The van der Waals surface area contributed by atoms with Crippen LogP contribution in [0.25, 0.3) is 0 Å². The summed E-state index contributed by atoms with van der Waals surface area (Å²) in [5, 5.41) is 8.61. The lowest BCUT2D eigenvalue weighted by molar-refractivity contribution is -0.117. The van der Waals surface area contributed by atoms with Crippen LogP contribution in [0.2, 0.25) is 0 Å². The van der Waals surface area contributed by atoms with E-state index >= 15 is 0 Å². The van der Waals surface area contributed by atoms with Crippen molar-refractivity contribution in [3.63, 3.8) is 0 Å². The maximum atomic E-state index is 11.5. The molecule has 1 amide bonds. The highest BCUT2D eigenvalue weighted by atomic mass is 16.2. The second-order valence-electron chi connectivity index (χ2n) is 3.97. The van der Waals surface area contributed by atoms with Gasteiger partial charge in [0.05, 0.1) is 6.61 Å². The first-order valence-corrected chi connectivity index (χ1v) is 5.81. The number of aliphatic hydroxyl groups is 1. The van der Waals surface area contributed by atoms with Gasteiger partial charge in [-0.25, -0.2) is 0 Å². The van der Waals surface area contributed by atoms with Crippen molar-refractivity contribution in [1.29, 1.82) is 0 Å². The minimum atomic E-state index is 0.0906. The number of benzene rings is 1. The molecule has 1 fully saturated rings. The Morgan fingerprint density at radius 1 is 1.29 bits per heavy atom. The quantitative estimate of drug-likeness (QED) is 0.782. The topological polar surface area (TPSA) is 40.5 Å². The molecule has 2 rings (SSSR count). The van der Waals surface area contributed by atoms with Crippen LogP contribution in [-0.4, -0.2) is 24.2 Å². The third kappa shape index (κ3) is 2.86. The zero-order valence-corrected chi connectivity index (χ0v) is 9.65. The van der Waals surface area contributed by atoms with Gasteiger partial charge in [-0.15, -0.1) is 0 Å². The van der Waals surface area contributed by atoms with Crippen molar-refractivity contribution in [2.75, 3.05) is 18.1 Å². The number of carbonyl (C=O) groups is 1. The highest BCUT2D eigenvalue weighted by Crippen LogP contribution is 2.21. The standard InChI is InChI=1S/C14H15NO2/c16-11-2-1-4-12-6-8-13(9-7-12)15-10-3-5-14(15)17/h6-9,16H,2-3,5,10-11H2. The molecule has 0 unspecified atom stereocenters. The van der Waals surface area contributed by atoms with E-state index in [0.29, 0.717) is 12.8 Å². The van der Waals surface area contributed by atoms with Crippen LogP contribution in [0.4, 0.5) is 5.69 Å². The first kappa shape index (κ1) is 11.7. The zero-order valence-electron chi connectivity index (χ0n) is 9.65. The van der Waals surface area contributed by atoms with Gasteiger partial charge < -0.3 is 10.0 Å². The molecule has 3 nitrogen and oxygen atoms in total. The van der Waals surface area contributed by atoms with E-state index in [2.05, 4.69) is 11.8 Å². The molecule has 1 aliphatic heterocycles. The van der Waals surface area contributed by atoms with Gasteiger partial charge in [0, 0.05) is 30.6 Å². The number of hydrogen-bond acceptors (Lipinski definition) is 2. The van der Waals surface area contributed by atoms with Gasteiger partial charge in [-0.05, 0) is 30.7 Å². The molecular weight excluding hydrogens is 214 g/mol. The molecule has 0 bridgehead atoms. The first-order chi connectivity index (χ1) is 8.31. The van der Waals surface area contributed by atoms with Crippen molar-refractivity contribution < 1.29 is 9.90 Å². The molecule has 1 heterocycles. The van der Waals surface area contributed by atoms with E-state index in [1.54, 1.807) is 0 Å². The van der Waals surface area contributed by atoms with Crippen LogP contribution < -0.4 is 4.90 Å². The Morgan fingerprint density at radius 2 is 2.06 bits per heavy atom. The number of aliphatic hydroxyl groups excluding tert-OH is 1. The number of amides is 1. The molecule has 0 atom stereocenters. The van der Waals surface area contributed by atoms with E-state index in [1.807, 2.05) is 29.2 Å². The van der Waals surface area contributed by atoms with Crippen molar-refractivity contribution in [3.8, 4) is 11.8 Å². The second-order valence-corrected chi connectivity index (χ2v) is 3.97. The van der Waals surface area contributed by atoms with Gasteiger partial charge in [-0.2, -0.15) is 0 Å². The van der Waals surface area contributed by atoms with Gasteiger partial charge in [0.15, 0.2) is 0 Å². The van der Waals surface area contributed by atoms with Gasteiger partial charge in [0.1, 0.15) is 0 Å². The van der Waals surface area contributed by atoms with Gasteiger partial charge in [-0.1, -0.05) is 11.8 Å². The lowest BCUT2D eigenvalue weighted by Crippen LogP contribution is -2.23. The lowest BCUT2D eigenvalue weighted by atomic mass is 10.2. The summed E-state index contributed by atoms with van der Waals surface area (Å²) in [6.45, 7) is 0.904. The van der Waals surface area contributed by atoms with Crippen LogP contribution >= 0.6 is 0 Å². The van der Waals surface area contributed by atoms with Crippen molar-refractivity contribution in [1.82, 2.24) is 0 Å². The fourth-order valence-corrected chi connectivity index (χ4v) is 1.87. The average molecular weight is 229 g/mol. The van der Waals surface area contributed by atoms with Crippen LogP contribution in [0, 0.1) is 11.8 Å². The molecule has 3 heteroatoms. The Morgan fingerprint density at radius 3 is 2.65 bits per heavy atom. The van der Waals surface area contributed by atoms with Gasteiger partial charge >= 0.3 is 0 Å². The summed E-state index contributed by atoms with van der Waals surface area (Å²) < 4.78 is 0. The number of anilines is 1. The molecular formula is C14H15NO2. The Kier molecular flexibility index (Phi) is 3.79. The molecule has 1 aromatic rings. The summed E-state index contributed by atoms with van der Waals surface area (Å²) in [4.78, 5) is 13.4. The Balaban J connectivity index is 2.08. The van der Waals surface area contributed by atoms with E-state index in [1.165, 1.54) is 0 Å². The highest BCUT2D eigenvalue weighted by Gasteiger charge is 2.21. The molecule has 88 valence electrons. The Hall–Kier alpha value is -1.79. The van der Waals surface area contributed by atoms with Crippen molar-refractivity contribution >= 4 is 11.6 Å². The summed E-state index contributed by atoms with van der Waals surface area (Å²) in [6.07, 6.45) is 2.08. The second kappa shape index (κ2) is 5.51. The lowest BCUT2D eigenvalue weighted by Gasteiger charge is -2.15.